The molecule has 0 spiro atoms. The van der Waals surface area contributed by atoms with Gasteiger partial charge in [0.15, 0.2) is 5.75 Å². The molecule has 1 aliphatic heterocycles. The molecule has 0 saturated carbocycles. The molecule has 1 N–H and O–H groups in total. The van der Waals surface area contributed by atoms with Gasteiger partial charge in [0.25, 0.3) is 5.91 Å². The molecule has 0 bridgehead atoms. The van der Waals surface area contributed by atoms with Crippen LogP contribution in [0.3, 0.4) is 0 Å². The topological polar surface area (TPSA) is 52.2 Å². The van der Waals surface area contributed by atoms with Gasteiger partial charge in [-0.2, -0.15) is 0 Å². The van der Waals surface area contributed by atoms with Gasteiger partial charge in [0, 0.05) is 0 Å². The number of nitrogens with one attached hydrogen (secondary N) is 1. The molecule has 3 nitrogen and oxygen atoms in total. The smallest absolute Gasteiger partial charge is 0.274 e. The molecular weight excluding hydrogens is 126 g/mol. The third-order valence-electron chi connectivity index (χ3n) is 0.737. The highest BCUT2D eigenvalue weighted by molar-refractivity contribution is 7.95. The van der Waals surface area contributed by atoms with Crippen LogP contribution < -0.4 is 5.32 Å². The van der Waals surface area contributed by atoms with Gasteiger partial charge in [0.1, 0.15) is 5.41 Å². The first-order chi connectivity index (χ1) is 3.79. The lowest BCUT2D eigenvalue weighted by Gasteiger charge is -2.07. The quantitative estimate of drug-likeness (QED) is 0.443. The second-order valence-electron chi connectivity index (χ2n) is 1.40. The summed E-state index contributed by atoms with van der Waals surface area (Å²) in [7, 11) is 0. The molecule has 1 unspecified atom stereocenters. The molecule has 0 radical (unpaired) electrons. The summed E-state index contributed by atoms with van der Waals surface area (Å²) in [5.74, 6) is -0.0675. The van der Waals surface area contributed by atoms with Crippen LogP contribution in [-0.2, 0) is 16.0 Å². The van der Waals surface area contributed by atoms with E-state index in [1.54, 1.807) is 0 Å². The lowest BCUT2D eigenvalue weighted by molar-refractivity contribution is -0.117. The first-order valence-electron chi connectivity index (χ1n) is 2.12. The highest BCUT2D eigenvalue weighted by atomic mass is 32.2. The molecule has 0 aromatic heterocycles. The molecule has 1 amide bonds. The van der Waals surface area contributed by atoms with Crippen molar-refractivity contribution in [1.29, 1.82) is 0 Å². The summed E-state index contributed by atoms with van der Waals surface area (Å²) >= 11 is -1.06. The van der Waals surface area contributed by atoms with Gasteiger partial charge in [-0.15, -0.1) is 0 Å². The number of amides is 1. The van der Waals surface area contributed by atoms with Gasteiger partial charge in [0.2, 0.25) is 0 Å². The predicted octanol–water partition coefficient (Wildman–Crippen LogP) is -0.664. The third kappa shape index (κ3) is 1.24. The van der Waals surface area contributed by atoms with Crippen molar-refractivity contribution >= 4 is 17.1 Å². The van der Waals surface area contributed by atoms with Gasteiger partial charge in [-0.1, -0.05) is 0 Å². The van der Waals surface area contributed by atoms with E-state index in [1.807, 2.05) is 0 Å². The van der Waals surface area contributed by atoms with Crippen molar-refractivity contribution in [2.75, 3.05) is 5.75 Å². The van der Waals surface area contributed by atoms with Crippen LogP contribution in [0.1, 0.15) is 0 Å². The zero-order valence-corrected chi connectivity index (χ0v) is 4.90. The van der Waals surface area contributed by atoms with Crippen molar-refractivity contribution < 1.29 is 9.35 Å². The normalized spacial score (nSPS) is 27.6. The molecule has 0 aromatic carbocycles. The van der Waals surface area contributed by atoms with Crippen molar-refractivity contribution in [3.05, 3.63) is 11.6 Å². The number of hydrogen-bond acceptors (Lipinski definition) is 2. The van der Waals surface area contributed by atoms with Crippen LogP contribution in [0.2, 0.25) is 0 Å². The molecule has 0 aromatic rings. The Balaban J connectivity index is 2.54. The highest BCUT2D eigenvalue weighted by Crippen LogP contribution is 1.95. The van der Waals surface area contributed by atoms with E-state index in [2.05, 4.69) is 5.32 Å². The lowest BCUT2D eigenvalue weighted by Crippen LogP contribution is -2.29. The Morgan fingerprint density at radius 3 is 3.00 bits per heavy atom. The standard InChI is InChI=1S/C4H5NO2S/c6-4-3-8(7)2-1-5-4/h1-2H,3H2,(H,5,6). The number of hydrogen-bond donors (Lipinski definition) is 1. The van der Waals surface area contributed by atoms with E-state index in [9.17, 15) is 9.35 Å². The molecule has 0 aliphatic carbocycles. The molecule has 1 aliphatic rings. The summed E-state index contributed by atoms with van der Waals surface area (Å²) in [6, 6.07) is 0. The Labute approximate surface area is 49.9 Å². The number of rotatable bonds is 0. The minimum Gasteiger partial charge on any atom is -0.611 e. The van der Waals surface area contributed by atoms with Crippen LogP contribution in [0.15, 0.2) is 11.6 Å². The first-order valence-corrected chi connectivity index (χ1v) is 3.50. The van der Waals surface area contributed by atoms with Crippen molar-refractivity contribution in [3.8, 4) is 0 Å². The van der Waals surface area contributed by atoms with Crippen LogP contribution in [0.4, 0.5) is 0 Å². The maximum absolute atomic E-state index is 10.4. The minimum atomic E-state index is -1.06. The average molecular weight is 131 g/mol. The fraction of sp³-hybridized carbons (Fsp3) is 0.250. The van der Waals surface area contributed by atoms with E-state index in [0.29, 0.717) is 0 Å². The Morgan fingerprint density at radius 1 is 1.88 bits per heavy atom. The molecule has 44 valence electrons. The third-order valence-corrected chi connectivity index (χ3v) is 1.72. The molecule has 1 atom stereocenters. The predicted molar refractivity (Wildman–Crippen MR) is 30.3 cm³/mol. The van der Waals surface area contributed by atoms with Crippen LogP contribution in [0, 0.1) is 0 Å². The van der Waals surface area contributed by atoms with Crippen molar-refractivity contribution in [2.45, 2.75) is 0 Å². The van der Waals surface area contributed by atoms with Gasteiger partial charge in [-0.3, -0.25) is 4.79 Å². The highest BCUT2D eigenvalue weighted by Gasteiger charge is 2.12. The second-order valence-corrected chi connectivity index (χ2v) is 2.72. The Hall–Kier alpha value is -0.480. The Morgan fingerprint density at radius 2 is 2.62 bits per heavy atom. The first kappa shape index (κ1) is 5.65. The molecule has 0 saturated heterocycles. The van der Waals surface area contributed by atoms with Gasteiger partial charge >= 0.3 is 0 Å². The van der Waals surface area contributed by atoms with Crippen LogP contribution in [0.5, 0.6) is 0 Å². The number of carbonyl (C=O) groups excluding carboxylic acids is 1. The van der Waals surface area contributed by atoms with Crippen molar-refractivity contribution in [1.82, 2.24) is 5.32 Å². The van der Waals surface area contributed by atoms with Gasteiger partial charge < -0.3 is 9.87 Å². The van der Waals surface area contributed by atoms with Crippen LogP contribution >= 0.6 is 0 Å². The van der Waals surface area contributed by atoms with E-state index >= 15 is 0 Å². The molecule has 1 rings (SSSR count). The number of carbonyl (C=O) groups is 1. The van der Waals surface area contributed by atoms with Gasteiger partial charge in [-0.05, 0) is 11.2 Å². The van der Waals surface area contributed by atoms with E-state index in [1.165, 1.54) is 11.6 Å². The van der Waals surface area contributed by atoms with E-state index in [-0.39, 0.29) is 11.7 Å². The van der Waals surface area contributed by atoms with E-state index < -0.39 is 11.2 Å². The molecular formula is C4H5NO2S. The Kier molecular flexibility index (Phi) is 1.55. The summed E-state index contributed by atoms with van der Waals surface area (Å²) in [5, 5.41) is 3.86. The summed E-state index contributed by atoms with van der Waals surface area (Å²) in [5.41, 5.74) is 0. The lowest BCUT2D eigenvalue weighted by atomic mass is 10.7. The maximum Gasteiger partial charge on any atom is 0.274 e. The summed E-state index contributed by atoms with van der Waals surface area (Å²) in [6.45, 7) is 0. The SMILES string of the molecule is O=C1C[S+]([O-])C=CN1. The van der Waals surface area contributed by atoms with Gasteiger partial charge in [0.05, 0.1) is 6.20 Å². The fourth-order valence-corrected chi connectivity index (χ4v) is 1.08. The average Bonchev–Trinajstić information content (AvgIpc) is 1.64. The summed E-state index contributed by atoms with van der Waals surface area (Å²) < 4.78 is 10.4. The van der Waals surface area contributed by atoms with E-state index in [4.69, 9.17) is 0 Å². The maximum atomic E-state index is 10.4. The zero-order valence-electron chi connectivity index (χ0n) is 4.09. The Bertz CT molecular complexity index is 134. The van der Waals surface area contributed by atoms with Crippen LogP contribution in [-0.4, -0.2) is 16.2 Å². The van der Waals surface area contributed by atoms with Crippen molar-refractivity contribution in [2.24, 2.45) is 0 Å². The summed E-state index contributed by atoms with van der Waals surface area (Å²) in [4.78, 5) is 10.3. The zero-order chi connectivity index (χ0) is 5.98. The molecule has 4 heteroatoms. The monoisotopic (exact) mass is 131 g/mol. The molecule has 8 heavy (non-hydrogen) atoms. The van der Waals surface area contributed by atoms with Gasteiger partial charge in [-0.25, -0.2) is 0 Å². The summed E-state index contributed by atoms with van der Waals surface area (Å²) in [6.07, 6.45) is 1.40. The molecule has 0 fully saturated rings. The van der Waals surface area contributed by atoms with Crippen molar-refractivity contribution in [3.63, 3.8) is 0 Å². The second kappa shape index (κ2) is 2.19. The minimum absolute atomic E-state index is 0.108. The molecule has 1 heterocycles. The van der Waals surface area contributed by atoms with E-state index in [0.717, 1.165) is 0 Å². The largest absolute Gasteiger partial charge is 0.611 e. The fourth-order valence-electron chi connectivity index (χ4n) is 0.422. The van der Waals surface area contributed by atoms with Crippen LogP contribution in [0.25, 0.3) is 0 Å².